The van der Waals surface area contributed by atoms with Crippen molar-refractivity contribution in [1.29, 1.82) is 0 Å². The van der Waals surface area contributed by atoms with Crippen molar-refractivity contribution in [3.63, 3.8) is 0 Å². The molecule has 2 heteroatoms. The topological polar surface area (TPSA) is 0 Å². The van der Waals surface area contributed by atoms with Gasteiger partial charge in [-0.05, 0) is 48.1 Å². The second kappa shape index (κ2) is 9.62. The van der Waals surface area contributed by atoms with Crippen molar-refractivity contribution in [2.24, 2.45) is 17.3 Å². The highest BCUT2D eigenvalue weighted by Gasteiger charge is 2.32. The highest BCUT2D eigenvalue weighted by Crippen LogP contribution is 2.45. The van der Waals surface area contributed by atoms with Gasteiger partial charge in [0.05, 0.1) is 0 Å². The first-order valence-corrected chi connectivity index (χ1v) is 12.0. The van der Waals surface area contributed by atoms with Gasteiger partial charge in [-0.1, -0.05) is 97.6 Å². The van der Waals surface area contributed by atoms with Gasteiger partial charge in [-0.3, -0.25) is 0 Å². The summed E-state index contributed by atoms with van der Waals surface area (Å²) in [5, 5.41) is 0.520. The zero-order chi connectivity index (χ0) is 18.5. The van der Waals surface area contributed by atoms with Crippen LogP contribution < -0.4 is 0 Å². The lowest BCUT2D eigenvalue weighted by atomic mass is 9.49. The van der Waals surface area contributed by atoms with Crippen LogP contribution in [-0.4, -0.2) is 12.4 Å². The van der Waals surface area contributed by atoms with E-state index < -0.39 is 0 Å². The Bertz CT molecular complexity index is 334. The number of hydrogen-bond acceptors (Lipinski definition) is 0. The molecule has 1 unspecified atom stereocenters. The van der Waals surface area contributed by atoms with Gasteiger partial charge in [-0.15, -0.1) is 9.24 Å². The largest absolute Gasteiger partial charge is 0.131 e. The van der Waals surface area contributed by atoms with Crippen LogP contribution in [0.3, 0.4) is 0 Å². The Morgan fingerprint density at radius 3 is 1.48 bits per heavy atom. The smallest absolute Gasteiger partial charge is 0.117 e. The normalized spacial score (nSPS) is 38.7. The van der Waals surface area contributed by atoms with Crippen LogP contribution in [-0.2, 0) is 0 Å². The van der Waals surface area contributed by atoms with Crippen molar-refractivity contribution in [2.45, 2.75) is 128 Å². The molecule has 25 heavy (non-hydrogen) atoms. The second-order valence-corrected chi connectivity index (χ2v) is 11.6. The Morgan fingerprint density at radius 2 is 1.12 bits per heavy atom. The molecule has 1 radical (unpaired) electrons. The fourth-order valence-electron chi connectivity index (χ4n) is 5.39. The molecule has 0 aliphatic heterocycles. The number of hydrogen-bond donors (Lipinski definition) is 0. The Labute approximate surface area is 162 Å². The van der Waals surface area contributed by atoms with Gasteiger partial charge >= 0.3 is 0 Å². The van der Waals surface area contributed by atoms with Crippen LogP contribution >= 0.6 is 9.24 Å². The summed E-state index contributed by atoms with van der Waals surface area (Å²) in [7, 11) is 6.06. The Balaban J connectivity index is 1.79. The first-order valence-electron chi connectivity index (χ1n) is 11.4. The predicted octanol–water partition coefficient (Wildman–Crippen LogP) is 7.91. The SMILES string of the molecule is CC(C)C1(C)CCCC([B]C2CCCC(P)(C(C)C)CCC2)CCC1. The third kappa shape index (κ3) is 6.26. The van der Waals surface area contributed by atoms with E-state index in [9.17, 15) is 0 Å². The average molecular weight is 363 g/mol. The third-order valence-electron chi connectivity index (χ3n) is 8.17. The molecule has 0 bridgehead atoms. The lowest BCUT2D eigenvalue weighted by Gasteiger charge is -2.38. The second-order valence-electron chi connectivity index (χ2n) is 10.5. The third-order valence-corrected chi connectivity index (χ3v) is 9.41. The molecule has 0 spiro atoms. The molecular weight excluding hydrogens is 318 g/mol. The molecule has 2 fully saturated rings. The van der Waals surface area contributed by atoms with Crippen LogP contribution in [0.2, 0.25) is 11.6 Å². The molecule has 2 rings (SSSR count). The zero-order valence-electron chi connectivity index (χ0n) is 17.9. The van der Waals surface area contributed by atoms with Gasteiger partial charge in [0.2, 0.25) is 0 Å². The molecule has 2 aliphatic carbocycles. The van der Waals surface area contributed by atoms with E-state index >= 15 is 0 Å². The molecule has 0 saturated heterocycles. The van der Waals surface area contributed by atoms with Crippen LogP contribution in [0.4, 0.5) is 0 Å². The summed E-state index contributed by atoms with van der Waals surface area (Å²) in [4.78, 5) is 0. The summed E-state index contributed by atoms with van der Waals surface area (Å²) < 4.78 is 0. The van der Waals surface area contributed by atoms with Gasteiger partial charge in [-0.25, -0.2) is 0 Å². The summed E-state index contributed by atoms with van der Waals surface area (Å²) in [5.41, 5.74) is 0.601. The maximum absolute atomic E-state index is 3.23. The van der Waals surface area contributed by atoms with E-state index in [4.69, 9.17) is 0 Å². The average Bonchev–Trinajstić information content (AvgIpc) is 2.49. The summed E-state index contributed by atoms with van der Waals surface area (Å²) in [6.45, 7) is 12.2. The summed E-state index contributed by atoms with van der Waals surface area (Å²) in [6, 6.07) is 0. The van der Waals surface area contributed by atoms with Crippen molar-refractivity contribution in [3.05, 3.63) is 0 Å². The van der Waals surface area contributed by atoms with E-state index in [1.54, 1.807) is 0 Å². The fourth-order valence-corrected chi connectivity index (χ4v) is 5.79. The van der Waals surface area contributed by atoms with E-state index in [1.807, 2.05) is 0 Å². The van der Waals surface area contributed by atoms with Crippen LogP contribution in [0.25, 0.3) is 0 Å². The molecule has 0 nitrogen and oxygen atoms in total. The lowest BCUT2D eigenvalue weighted by Crippen LogP contribution is -2.30. The van der Waals surface area contributed by atoms with E-state index in [1.165, 1.54) is 77.0 Å². The number of rotatable bonds is 4. The quantitative estimate of drug-likeness (QED) is 0.352. The monoisotopic (exact) mass is 363 g/mol. The van der Waals surface area contributed by atoms with Crippen molar-refractivity contribution < 1.29 is 0 Å². The van der Waals surface area contributed by atoms with Crippen molar-refractivity contribution in [2.75, 3.05) is 0 Å². The Morgan fingerprint density at radius 1 is 0.720 bits per heavy atom. The molecule has 0 heterocycles. The first kappa shape index (κ1) is 21.8. The Hall–Kier alpha value is 0.495. The van der Waals surface area contributed by atoms with E-state index in [0.29, 0.717) is 10.6 Å². The van der Waals surface area contributed by atoms with Crippen LogP contribution in [0.1, 0.15) is 112 Å². The molecule has 0 amide bonds. The lowest BCUT2D eigenvalue weighted by molar-refractivity contribution is 0.160. The van der Waals surface area contributed by atoms with Gasteiger partial charge in [0.25, 0.3) is 0 Å². The van der Waals surface area contributed by atoms with Gasteiger partial charge in [0.1, 0.15) is 7.28 Å². The fraction of sp³-hybridized carbons (Fsp3) is 1.00. The van der Waals surface area contributed by atoms with Crippen molar-refractivity contribution in [3.8, 4) is 0 Å². The van der Waals surface area contributed by atoms with Crippen LogP contribution in [0.15, 0.2) is 0 Å². The minimum absolute atomic E-state index is 0.520. The standard InChI is InChI=1S/C23H45BP/c1-18(2)22(5)14-6-10-20(11-7-15-22)24-21-12-8-16-23(25,19(3)4)17-9-13-21/h18-21H,6-17,25H2,1-5H3. The van der Waals surface area contributed by atoms with Crippen molar-refractivity contribution >= 4 is 16.5 Å². The first-order chi connectivity index (χ1) is 11.8. The molecule has 0 aromatic carbocycles. The minimum atomic E-state index is 0.520. The van der Waals surface area contributed by atoms with Gasteiger partial charge < -0.3 is 0 Å². The molecule has 2 saturated carbocycles. The summed E-state index contributed by atoms with van der Waals surface area (Å²) in [6.07, 6.45) is 17.3. The highest BCUT2D eigenvalue weighted by molar-refractivity contribution is 7.19. The van der Waals surface area contributed by atoms with Crippen molar-refractivity contribution in [1.82, 2.24) is 0 Å². The minimum Gasteiger partial charge on any atom is -0.131 e. The highest BCUT2D eigenvalue weighted by atomic mass is 31.0. The molecule has 0 N–H and O–H groups in total. The molecule has 0 aromatic rings. The molecular formula is C23H45BP. The molecule has 2 aliphatic rings. The molecule has 0 aromatic heterocycles. The van der Waals surface area contributed by atoms with Crippen LogP contribution in [0, 0.1) is 17.3 Å². The maximum atomic E-state index is 3.23. The van der Waals surface area contributed by atoms with E-state index in [-0.39, 0.29) is 0 Å². The molecule has 1 atom stereocenters. The Kier molecular flexibility index (Phi) is 8.38. The van der Waals surface area contributed by atoms with Gasteiger partial charge in [0, 0.05) is 0 Å². The summed E-state index contributed by atoms with van der Waals surface area (Å²) in [5.74, 6) is 3.46. The van der Waals surface area contributed by atoms with Crippen LogP contribution in [0.5, 0.6) is 0 Å². The van der Waals surface area contributed by atoms with E-state index in [0.717, 1.165) is 23.5 Å². The summed E-state index contributed by atoms with van der Waals surface area (Å²) >= 11 is 0. The van der Waals surface area contributed by atoms with Gasteiger partial charge in [-0.2, -0.15) is 0 Å². The zero-order valence-corrected chi connectivity index (χ0v) is 19.1. The van der Waals surface area contributed by atoms with E-state index in [2.05, 4.69) is 51.1 Å². The van der Waals surface area contributed by atoms with Gasteiger partial charge in [0.15, 0.2) is 0 Å². The predicted molar refractivity (Wildman–Crippen MR) is 119 cm³/mol. The maximum Gasteiger partial charge on any atom is 0.117 e. The molecule has 145 valence electrons.